The van der Waals surface area contributed by atoms with Gasteiger partial charge in [-0.2, -0.15) is 0 Å². The van der Waals surface area contributed by atoms with Crippen LogP contribution in [0, 0.1) is 0 Å². The lowest BCUT2D eigenvalue weighted by Crippen LogP contribution is -2.17. The summed E-state index contributed by atoms with van der Waals surface area (Å²) >= 11 is 0. The Bertz CT molecular complexity index is 350. The number of hydrogen-bond acceptors (Lipinski definition) is 4. The highest BCUT2D eigenvalue weighted by Gasteiger charge is 2.16. The zero-order valence-electron chi connectivity index (χ0n) is 9.84. The number of anilines is 1. The quantitative estimate of drug-likeness (QED) is 0.762. The van der Waals surface area contributed by atoms with Gasteiger partial charge >= 0.3 is 0 Å². The first kappa shape index (κ1) is 12.4. The van der Waals surface area contributed by atoms with Gasteiger partial charge in [0, 0.05) is 12.3 Å². The van der Waals surface area contributed by atoms with Crippen molar-refractivity contribution >= 4 is 5.69 Å². The van der Waals surface area contributed by atoms with Crippen LogP contribution in [0.4, 0.5) is 5.69 Å². The van der Waals surface area contributed by atoms with Crippen LogP contribution in [-0.4, -0.2) is 31.0 Å². The molecule has 17 heavy (non-hydrogen) atoms. The fourth-order valence-electron chi connectivity index (χ4n) is 1.95. The standard InChI is InChI=1S/C13H19NO3/c14-11-4-1-3-10(7-11)13(15)9-16-8-12-5-2-6-17-12/h1,3-4,7,12-13,15H,2,5-6,8-9,14H2. The molecule has 3 N–H and O–H groups in total. The topological polar surface area (TPSA) is 64.7 Å². The molecule has 1 saturated heterocycles. The van der Waals surface area contributed by atoms with Crippen molar-refractivity contribution in [2.45, 2.75) is 25.0 Å². The molecule has 0 bridgehead atoms. The maximum Gasteiger partial charge on any atom is 0.102 e. The van der Waals surface area contributed by atoms with Gasteiger partial charge in [-0.3, -0.25) is 0 Å². The minimum absolute atomic E-state index is 0.197. The van der Waals surface area contributed by atoms with Crippen LogP contribution in [0.3, 0.4) is 0 Å². The van der Waals surface area contributed by atoms with Crippen molar-refractivity contribution in [3.8, 4) is 0 Å². The van der Waals surface area contributed by atoms with E-state index in [0.717, 1.165) is 25.0 Å². The summed E-state index contributed by atoms with van der Waals surface area (Å²) in [6.45, 7) is 1.66. The van der Waals surface area contributed by atoms with E-state index in [-0.39, 0.29) is 12.7 Å². The first-order valence-electron chi connectivity index (χ1n) is 5.98. The van der Waals surface area contributed by atoms with E-state index in [1.165, 1.54) is 0 Å². The van der Waals surface area contributed by atoms with Crippen molar-refractivity contribution in [1.82, 2.24) is 0 Å². The maximum atomic E-state index is 9.90. The second-order valence-corrected chi connectivity index (χ2v) is 4.36. The Morgan fingerprint density at radius 2 is 2.41 bits per heavy atom. The summed E-state index contributed by atoms with van der Waals surface area (Å²) < 4.78 is 10.9. The molecule has 1 aromatic rings. The molecule has 1 aromatic carbocycles. The lowest BCUT2D eigenvalue weighted by atomic mass is 10.1. The van der Waals surface area contributed by atoms with Crippen LogP contribution in [0.25, 0.3) is 0 Å². The molecule has 1 fully saturated rings. The van der Waals surface area contributed by atoms with Crippen molar-refractivity contribution in [2.24, 2.45) is 0 Å². The van der Waals surface area contributed by atoms with E-state index < -0.39 is 6.10 Å². The number of nitrogens with two attached hydrogens (primary N) is 1. The van der Waals surface area contributed by atoms with Crippen molar-refractivity contribution < 1.29 is 14.6 Å². The smallest absolute Gasteiger partial charge is 0.102 e. The number of ether oxygens (including phenoxy) is 2. The van der Waals surface area contributed by atoms with E-state index >= 15 is 0 Å². The summed E-state index contributed by atoms with van der Waals surface area (Å²) in [5, 5.41) is 9.90. The summed E-state index contributed by atoms with van der Waals surface area (Å²) in [7, 11) is 0. The Morgan fingerprint density at radius 1 is 1.53 bits per heavy atom. The van der Waals surface area contributed by atoms with Crippen LogP contribution in [0.15, 0.2) is 24.3 Å². The predicted octanol–water partition coefficient (Wildman–Crippen LogP) is 1.50. The molecule has 1 aliphatic heterocycles. The molecule has 2 rings (SSSR count). The van der Waals surface area contributed by atoms with Gasteiger partial charge in [0.05, 0.1) is 19.3 Å². The van der Waals surface area contributed by atoms with Crippen LogP contribution in [0.5, 0.6) is 0 Å². The fourth-order valence-corrected chi connectivity index (χ4v) is 1.95. The van der Waals surface area contributed by atoms with Gasteiger partial charge in [-0.1, -0.05) is 12.1 Å². The molecule has 4 nitrogen and oxygen atoms in total. The molecule has 0 amide bonds. The molecule has 2 unspecified atom stereocenters. The molecular formula is C13H19NO3. The highest BCUT2D eigenvalue weighted by atomic mass is 16.5. The average molecular weight is 237 g/mol. The fraction of sp³-hybridized carbons (Fsp3) is 0.538. The summed E-state index contributed by atoms with van der Waals surface area (Å²) in [5.41, 5.74) is 7.10. The number of aliphatic hydroxyl groups is 1. The number of hydrogen-bond donors (Lipinski definition) is 2. The van der Waals surface area contributed by atoms with Gasteiger partial charge in [0.25, 0.3) is 0 Å². The molecule has 0 aliphatic carbocycles. The summed E-state index contributed by atoms with van der Waals surface area (Å²) in [4.78, 5) is 0. The van der Waals surface area contributed by atoms with Gasteiger partial charge in [-0.15, -0.1) is 0 Å². The Morgan fingerprint density at radius 3 is 3.12 bits per heavy atom. The van der Waals surface area contributed by atoms with Crippen molar-refractivity contribution in [2.75, 3.05) is 25.6 Å². The number of rotatable bonds is 5. The third-order valence-corrected chi connectivity index (χ3v) is 2.90. The van der Waals surface area contributed by atoms with Crippen LogP contribution in [0.1, 0.15) is 24.5 Å². The van der Waals surface area contributed by atoms with Gasteiger partial charge in [-0.05, 0) is 30.5 Å². The number of nitrogen functional groups attached to an aromatic ring is 1. The van der Waals surface area contributed by atoms with E-state index in [1.807, 2.05) is 12.1 Å². The molecular weight excluding hydrogens is 218 g/mol. The second kappa shape index (κ2) is 6.00. The van der Waals surface area contributed by atoms with Crippen LogP contribution in [-0.2, 0) is 9.47 Å². The summed E-state index contributed by atoms with van der Waals surface area (Å²) in [6.07, 6.45) is 1.73. The van der Waals surface area contributed by atoms with Crippen molar-refractivity contribution in [3.05, 3.63) is 29.8 Å². The molecule has 1 heterocycles. The summed E-state index contributed by atoms with van der Waals surface area (Å²) in [6, 6.07) is 7.23. The van der Waals surface area contributed by atoms with E-state index in [9.17, 15) is 5.11 Å². The molecule has 1 aliphatic rings. The molecule has 0 spiro atoms. The summed E-state index contributed by atoms with van der Waals surface area (Å²) in [5.74, 6) is 0. The van der Waals surface area contributed by atoms with Crippen LogP contribution >= 0.6 is 0 Å². The predicted molar refractivity (Wildman–Crippen MR) is 65.6 cm³/mol. The normalized spacial score (nSPS) is 21.6. The molecule has 4 heteroatoms. The molecule has 0 aromatic heterocycles. The molecule has 0 radical (unpaired) electrons. The maximum absolute atomic E-state index is 9.90. The first-order valence-corrected chi connectivity index (χ1v) is 5.98. The zero-order valence-corrected chi connectivity index (χ0v) is 9.84. The van der Waals surface area contributed by atoms with E-state index in [1.54, 1.807) is 12.1 Å². The lowest BCUT2D eigenvalue weighted by Gasteiger charge is -2.14. The Hall–Kier alpha value is -1.10. The lowest BCUT2D eigenvalue weighted by molar-refractivity contribution is -0.0176. The van der Waals surface area contributed by atoms with Gasteiger partial charge in [-0.25, -0.2) is 0 Å². The Labute approximate surface area is 101 Å². The largest absolute Gasteiger partial charge is 0.399 e. The third-order valence-electron chi connectivity index (χ3n) is 2.90. The van der Waals surface area contributed by atoms with Crippen molar-refractivity contribution in [1.29, 1.82) is 0 Å². The van der Waals surface area contributed by atoms with Crippen molar-refractivity contribution in [3.63, 3.8) is 0 Å². The molecule has 94 valence electrons. The minimum atomic E-state index is -0.625. The number of benzene rings is 1. The highest BCUT2D eigenvalue weighted by Crippen LogP contribution is 2.17. The van der Waals surface area contributed by atoms with Gasteiger partial charge in [0.1, 0.15) is 6.10 Å². The van der Waals surface area contributed by atoms with Gasteiger partial charge in [0.15, 0.2) is 0 Å². The Balaban J connectivity index is 1.74. The van der Waals surface area contributed by atoms with Crippen LogP contribution < -0.4 is 5.73 Å². The molecule has 2 atom stereocenters. The zero-order chi connectivity index (χ0) is 12.1. The Kier molecular flexibility index (Phi) is 4.36. The second-order valence-electron chi connectivity index (χ2n) is 4.36. The van der Waals surface area contributed by atoms with Crippen LogP contribution in [0.2, 0.25) is 0 Å². The third kappa shape index (κ3) is 3.70. The number of aliphatic hydroxyl groups excluding tert-OH is 1. The van der Waals surface area contributed by atoms with E-state index in [0.29, 0.717) is 12.3 Å². The van der Waals surface area contributed by atoms with E-state index in [4.69, 9.17) is 15.2 Å². The molecule has 0 saturated carbocycles. The minimum Gasteiger partial charge on any atom is -0.399 e. The van der Waals surface area contributed by atoms with Gasteiger partial charge in [0.2, 0.25) is 0 Å². The SMILES string of the molecule is Nc1cccc(C(O)COCC2CCCO2)c1. The first-order chi connectivity index (χ1) is 8.25. The highest BCUT2D eigenvalue weighted by molar-refractivity contribution is 5.41. The van der Waals surface area contributed by atoms with E-state index in [2.05, 4.69) is 0 Å². The monoisotopic (exact) mass is 237 g/mol. The average Bonchev–Trinajstić information content (AvgIpc) is 2.82. The van der Waals surface area contributed by atoms with Gasteiger partial charge < -0.3 is 20.3 Å².